The van der Waals surface area contributed by atoms with E-state index in [1.54, 1.807) is 30.3 Å². The first-order valence-electron chi connectivity index (χ1n) is 11.5. The van der Waals surface area contributed by atoms with Crippen LogP contribution in [0.5, 0.6) is 0 Å². The van der Waals surface area contributed by atoms with E-state index in [4.69, 9.17) is 11.6 Å². The van der Waals surface area contributed by atoms with Crippen LogP contribution in [0.15, 0.2) is 54.7 Å². The Hall–Kier alpha value is -3.99. The van der Waals surface area contributed by atoms with Gasteiger partial charge in [0.05, 0.1) is 24.1 Å². The summed E-state index contributed by atoms with van der Waals surface area (Å²) in [5.41, 5.74) is 2.13. The molecule has 36 heavy (non-hydrogen) atoms. The summed E-state index contributed by atoms with van der Waals surface area (Å²) in [5, 5.41) is 22.2. The van der Waals surface area contributed by atoms with Gasteiger partial charge in [0.2, 0.25) is 5.91 Å². The third-order valence-electron chi connectivity index (χ3n) is 6.04. The number of aryl methyl sites for hydroxylation is 1. The Morgan fingerprint density at radius 2 is 1.94 bits per heavy atom. The molecule has 0 spiro atoms. The highest BCUT2D eigenvalue weighted by Crippen LogP contribution is 2.35. The van der Waals surface area contributed by atoms with E-state index in [1.165, 1.54) is 21.7 Å². The zero-order valence-corrected chi connectivity index (χ0v) is 20.5. The number of nitro benzene ring substituents is 1. The molecule has 11 nitrogen and oxygen atoms in total. The monoisotopic (exact) mass is 511 g/mol. The number of carbonyl (C=O) groups is 2. The van der Waals surface area contributed by atoms with Gasteiger partial charge in [0.1, 0.15) is 5.69 Å². The van der Waals surface area contributed by atoms with Gasteiger partial charge in [0.15, 0.2) is 0 Å². The van der Waals surface area contributed by atoms with Gasteiger partial charge in [0.25, 0.3) is 5.69 Å². The summed E-state index contributed by atoms with van der Waals surface area (Å²) in [6, 6.07) is 12.9. The fraction of sp³-hybridized carbons (Fsp3) is 0.333. The number of carbonyl (C=O) groups excluding carboxylic acids is 2. The molecule has 0 aliphatic carbocycles. The number of amides is 3. The van der Waals surface area contributed by atoms with Crippen LogP contribution in [0, 0.1) is 10.1 Å². The third-order valence-corrected chi connectivity index (χ3v) is 6.38. The number of nitrogens with one attached hydrogen (secondary N) is 1. The van der Waals surface area contributed by atoms with Crippen molar-refractivity contribution in [3.05, 3.63) is 86.7 Å². The van der Waals surface area contributed by atoms with Crippen molar-refractivity contribution in [2.24, 2.45) is 7.05 Å². The van der Waals surface area contributed by atoms with Crippen LogP contribution in [0.2, 0.25) is 5.02 Å². The van der Waals surface area contributed by atoms with E-state index >= 15 is 0 Å². The van der Waals surface area contributed by atoms with Crippen molar-refractivity contribution in [2.45, 2.75) is 32.0 Å². The van der Waals surface area contributed by atoms with Crippen molar-refractivity contribution in [1.82, 2.24) is 30.1 Å². The predicted octanol–water partition coefficient (Wildman–Crippen LogP) is 3.45. The molecule has 1 N–H and O–H groups in total. The number of likely N-dealkylation sites (tertiary alicyclic amines) is 1. The Kier molecular flexibility index (Phi) is 7.79. The van der Waals surface area contributed by atoms with E-state index in [9.17, 15) is 19.7 Å². The van der Waals surface area contributed by atoms with Crippen molar-refractivity contribution in [2.75, 3.05) is 13.1 Å². The van der Waals surface area contributed by atoms with Crippen LogP contribution in [0.3, 0.4) is 0 Å². The van der Waals surface area contributed by atoms with E-state index in [2.05, 4.69) is 15.6 Å². The highest BCUT2D eigenvalue weighted by molar-refractivity contribution is 6.31. The third kappa shape index (κ3) is 5.98. The smallest absolute Gasteiger partial charge is 0.318 e. The maximum Gasteiger partial charge on any atom is 0.318 e. The number of non-ortho nitro benzene ring substituents is 1. The van der Waals surface area contributed by atoms with Crippen LogP contribution in [-0.2, 0) is 24.9 Å². The van der Waals surface area contributed by atoms with Gasteiger partial charge in [-0.3, -0.25) is 19.6 Å². The molecule has 2 aromatic carbocycles. The van der Waals surface area contributed by atoms with Gasteiger partial charge in [-0.1, -0.05) is 47.1 Å². The molecule has 1 aliphatic heterocycles. The van der Waals surface area contributed by atoms with E-state index in [1.807, 2.05) is 24.3 Å². The summed E-state index contributed by atoms with van der Waals surface area (Å²) in [6.07, 6.45) is 3.36. The minimum absolute atomic E-state index is 0.0343. The van der Waals surface area contributed by atoms with Gasteiger partial charge >= 0.3 is 6.03 Å². The molecule has 1 atom stereocenters. The Labute approximate surface area is 212 Å². The molecule has 1 saturated heterocycles. The Morgan fingerprint density at radius 1 is 1.19 bits per heavy atom. The van der Waals surface area contributed by atoms with Crippen LogP contribution >= 0.6 is 11.6 Å². The second kappa shape index (κ2) is 11.2. The summed E-state index contributed by atoms with van der Waals surface area (Å²) in [4.78, 5) is 39.9. The van der Waals surface area contributed by atoms with Crippen LogP contribution in [0.25, 0.3) is 0 Å². The topological polar surface area (TPSA) is 126 Å². The molecule has 0 radical (unpaired) electrons. The summed E-state index contributed by atoms with van der Waals surface area (Å²) in [7, 11) is 1.72. The fourth-order valence-electron chi connectivity index (χ4n) is 4.30. The van der Waals surface area contributed by atoms with Gasteiger partial charge < -0.3 is 15.1 Å². The van der Waals surface area contributed by atoms with Crippen molar-refractivity contribution >= 4 is 29.2 Å². The quantitative estimate of drug-likeness (QED) is 0.364. The summed E-state index contributed by atoms with van der Waals surface area (Å²) in [5.74, 6) is -0.194. The molecular weight excluding hydrogens is 486 g/mol. The van der Waals surface area contributed by atoms with E-state index in [0.29, 0.717) is 22.8 Å². The van der Waals surface area contributed by atoms with Crippen molar-refractivity contribution < 1.29 is 14.5 Å². The highest BCUT2D eigenvalue weighted by Gasteiger charge is 2.31. The summed E-state index contributed by atoms with van der Waals surface area (Å²) < 4.78 is 1.53. The normalized spacial score (nSPS) is 15.1. The zero-order chi connectivity index (χ0) is 25.7. The number of halogens is 1. The minimum Gasteiger partial charge on any atom is -0.334 e. The Morgan fingerprint density at radius 3 is 2.61 bits per heavy atom. The molecule has 1 unspecified atom stereocenters. The lowest BCUT2D eigenvalue weighted by molar-refractivity contribution is -0.384. The lowest BCUT2D eigenvalue weighted by Gasteiger charge is -2.27. The molecule has 0 bridgehead atoms. The van der Waals surface area contributed by atoms with Gasteiger partial charge in [0, 0.05) is 43.5 Å². The number of nitrogens with zero attached hydrogens (tertiary/aromatic N) is 6. The van der Waals surface area contributed by atoms with Crippen molar-refractivity contribution in [3.63, 3.8) is 0 Å². The van der Waals surface area contributed by atoms with Crippen LogP contribution in [0.4, 0.5) is 10.5 Å². The molecular formula is C24H26ClN7O4. The average Bonchev–Trinajstić information content (AvgIpc) is 3.51. The molecule has 1 fully saturated rings. The van der Waals surface area contributed by atoms with E-state index in [0.717, 1.165) is 18.4 Å². The molecule has 1 aliphatic rings. The molecule has 12 heteroatoms. The lowest BCUT2D eigenvalue weighted by Crippen LogP contribution is -2.45. The predicted molar refractivity (Wildman–Crippen MR) is 132 cm³/mol. The number of nitro groups is 1. The maximum absolute atomic E-state index is 13.1. The van der Waals surface area contributed by atoms with Gasteiger partial charge in [-0.05, 0) is 30.0 Å². The number of hydrogen-bond acceptors (Lipinski definition) is 6. The van der Waals surface area contributed by atoms with E-state index in [-0.39, 0.29) is 37.3 Å². The second-order valence-corrected chi connectivity index (χ2v) is 9.00. The van der Waals surface area contributed by atoms with Crippen molar-refractivity contribution in [1.29, 1.82) is 0 Å². The summed E-state index contributed by atoms with van der Waals surface area (Å²) >= 11 is 6.36. The molecule has 1 aromatic heterocycles. The minimum atomic E-state index is -0.479. The number of rotatable bonds is 8. The standard InChI is InChI=1S/C24H26ClN7O4/c1-29-15-18(27-28-29)16-30(14-17-8-10-19(11-9-17)32(35)36)24(34)26-13-23(33)31-12-4-7-22(31)20-5-2-3-6-21(20)25/h2-3,5-6,8-11,15,22H,4,7,12-14,16H2,1H3,(H,26,34). The zero-order valence-electron chi connectivity index (χ0n) is 19.7. The van der Waals surface area contributed by atoms with Gasteiger partial charge in [-0.2, -0.15) is 0 Å². The first kappa shape index (κ1) is 25.1. The Balaban J connectivity index is 1.43. The van der Waals surface area contributed by atoms with Gasteiger partial charge in [-0.15, -0.1) is 5.10 Å². The van der Waals surface area contributed by atoms with Gasteiger partial charge in [-0.25, -0.2) is 4.79 Å². The van der Waals surface area contributed by atoms with Crippen molar-refractivity contribution in [3.8, 4) is 0 Å². The lowest BCUT2D eigenvalue weighted by atomic mass is 10.0. The average molecular weight is 512 g/mol. The number of urea groups is 1. The molecule has 188 valence electrons. The van der Waals surface area contributed by atoms with E-state index < -0.39 is 11.0 Å². The van der Waals surface area contributed by atoms with Crippen LogP contribution < -0.4 is 5.32 Å². The fourth-order valence-corrected chi connectivity index (χ4v) is 4.57. The SMILES string of the molecule is Cn1cc(CN(Cc2ccc([N+](=O)[O-])cc2)C(=O)NCC(=O)N2CCCC2c2ccccc2Cl)nn1. The Bertz CT molecular complexity index is 1250. The largest absolute Gasteiger partial charge is 0.334 e. The molecule has 4 rings (SSSR count). The van der Waals surface area contributed by atoms with Crippen LogP contribution in [0.1, 0.15) is 35.7 Å². The highest BCUT2D eigenvalue weighted by atomic mass is 35.5. The molecule has 0 saturated carbocycles. The first-order chi connectivity index (χ1) is 17.3. The number of hydrogen-bond donors (Lipinski definition) is 1. The number of benzene rings is 2. The second-order valence-electron chi connectivity index (χ2n) is 8.59. The molecule has 3 aromatic rings. The summed E-state index contributed by atoms with van der Waals surface area (Å²) in [6.45, 7) is 0.741. The first-order valence-corrected chi connectivity index (χ1v) is 11.8. The maximum atomic E-state index is 13.1. The molecule has 3 amide bonds. The van der Waals surface area contributed by atoms with Crippen LogP contribution in [-0.4, -0.2) is 54.7 Å². The number of aromatic nitrogens is 3. The molecule has 2 heterocycles.